The van der Waals surface area contributed by atoms with E-state index < -0.39 is 22.5 Å². The van der Waals surface area contributed by atoms with Crippen LogP contribution >= 0.6 is 0 Å². The minimum Gasteiger partial charge on any atom is -0.361 e. The van der Waals surface area contributed by atoms with Gasteiger partial charge in [0.05, 0.1) is 44.9 Å². The van der Waals surface area contributed by atoms with Gasteiger partial charge in [-0.25, -0.2) is 19.6 Å². The van der Waals surface area contributed by atoms with Crippen molar-refractivity contribution in [2.45, 2.75) is 96.5 Å². The van der Waals surface area contributed by atoms with Crippen molar-refractivity contribution in [1.29, 1.82) is 0 Å². The van der Waals surface area contributed by atoms with Crippen LogP contribution in [0, 0.1) is 41.5 Å². The molecule has 14 heteroatoms. The van der Waals surface area contributed by atoms with Gasteiger partial charge in [-0.05, 0) is 140 Å². The molecule has 7 heterocycles. The topological polar surface area (TPSA) is 186 Å². The van der Waals surface area contributed by atoms with Crippen molar-refractivity contribution in [1.82, 2.24) is 39.0 Å². The zero-order chi connectivity index (χ0) is 42.1. The minimum absolute atomic E-state index is 0.0270. The number of aromatic nitrogens is 8. The van der Waals surface area contributed by atoms with E-state index in [0.717, 1.165) is 55.6 Å². The molecule has 0 aliphatic carbocycles. The molecule has 2 aliphatic heterocycles. The summed E-state index contributed by atoms with van der Waals surface area (Å²) in [5, 5.41) is 0. The molecule has 0 radical (unpaired) electrons. The van der Waals surface area contributed by atoms with E-state index in [2.05, 4.69) is 19.9 Å². The molecule has 4 N–H and O–H groups in total. The molecule has 302 valence electrons. The molecule has 0 saturated carbocycles. The van der Waals surface area contributed by atoms with Crippen molar-refractivity contribution < 1.29 is 9.47 Å². The lowest BCUT2D eigenvalue weighted by Crippen LogP contribution is -2.34. The van der Waals surface area contributed by atoms with E-state index in [-0.39, 0.29) is 13.5 Å². The number of ether oxygens (including phenoxy) is 2. The van der Waals surface area contributed by atoms with Crippen molar-refractivity contribution in [3.05, 3.63) is 110 Å². The van der Waals surface area contributed by atoms with Crippen LogP contribution in [-0.2, 0) is 22.9 Å². The summed E-state index contributed by atoms with van der Waals surface area (Å²) in [6.45, 7) is 23.9. The van der Waals surface area contributed by atoms with Crippen molar-refractivity contribution in [3.63, 3.8) is 0 Å². The van der Waals surface area contributed by atoms with Gasteiger partial charge in [0.1, 0.15) is 13.5 Å². The Morgan fingerprint density at radius 3 is 1.21 bits per heavy atom. The number of allylic oxidation sites excluding steroid dienone is 4. The molecule has 0 unspecified atom stereocenters. The first-order chi connectivity index (χ1) is 27.5. The zero-order valence-electron chi connectivity index (χ0n) is 35.2. The minimum atomic E-state index is -0.557. The average molecular weight is 787 g/mol. The average Bonchev–Trinajstić information content (AvgIpc) is 3.82. The molecule has 0 atom stereocenters. The molecule has 5 aromatic heterocycles. The van der Waals surface area contributed by atoms with Crippen LogP contribution in [0.25, 0.3) is 66.6 Å². The van der Waals surface area contributed by atoms with Gasteiger partial charge in [-0.2, -0.15) is 0 Å². The highest BCUT2D eigenvalue weighted by atomic mass is 16.5. The van der Waals surface area contributed by atoms with Gasteiger partial charge in [0.15, 0.2) is 0 Å². The van der Waals surface area contributed by atoms with E-state index >= 15 is 0 Å². The highest BCUT2D eigenvalue weighted by Crippen LogP contribution is 2.42. The Kier molecular flexibility index (Phi) is 10.4. The first kappa shape index (κ1) is 40.1. The molecule has 14 nitrogen and oxygen atoms in total. The van der Waals surface area contributed by atoms with Crippen LogP contribution in [0.5, 0.6) is 0 Å². The quantitative estimate of drug-likeness (QED) is 0.128. The predicted molar refractivity (Wildman–Crippen MR) is 230 cm³/mol. The van der Waals surface area contributed by atoms with Crippen LogP contribution in [0.15, 0.2) is 31.3 Å². The number of aryl methyl sites for hydroxylation is 4. The molecule has 8 bridgehead atoms. The maximum absolute atomic E-state index is 14.0. The summed E-state index contributed by atoms with van der Waals surface area (Å²) in [6, 6.07) is 3.96. The Labute approximate surface area is 334 Å². The highest BCUT2D eigenvalue weighted by molar-refractivity contribution is 6.03. The van der Waals surface area contributed by atoms with Crippen molar-refractivity contribution in [2.75, 3.05) is 13.2 Å². The molecule has 0 saturated heterocycles. The smallest absolute Gasteiger partial charge is 0.330 e. The molecule has 7 rings (SSSR count). The number of H-pyrrole nitrogens is 4. The fourth-order valence-corrected chi connectivity index (χ4v) is 7.91. The second-order valence-corrected chi connectivity index (χ2v) is 15.1. The van der Waals surface area contributed by atoms with E-state index in [1.165, 1.54) is 9.13 Å². The Morgan fingerprint density at radius 2 is 0.862 bits per heavy atom. The molecule has 2 aliphatic rings. The van der Waals surface area contributed by atoms with Crippen molar-refractivity contribution in [3.8, 4) is 22.3 Å². The summed E-state index contributed by atoms with van der Waals surface area (Å²) < 4.78 is 14.2. The number of fused-ring (bicyclic) bond motifs is 8. The van der Waals surface area contributed by atoms with Gasteiger partial charge in [-0.1, -0.05) is 0 Å². The summed E-state index contributed by atoms with van der Waals surface area (Å²) >= 11 is 0. The van der Waals surface area contributed by atoms with Crippen molar-refractivity contribution in [2.24, 2.45) is 0 Å². The zero-order valence-corrected chi connectivity index (χ0v) is 35.2. The van der Waals surface area contributed by atoms with Gasteiger partial charge in [-0.3, -0.25) is 28.7 Å². The first-order valence-electron chi connectivity index (χ1n) is 19.5. The summed E-state index contributed by atoms with van der Waals surface area (Å²) in [6.07, 6.45) is 0. The number of hydrogen-bond donors (Lipinski definition) is 4. The van der Waals surface area contributed by atoms with Gasteiger partial charge >= 0.3 is 11.4 Å². The second-order valence-electron chi connectivity index (χ2n) is 15.1. The number of rotatable bonds is 8. The third kappa shape index (κ3) is 6.27. The predicted octanol–water partition coefficient (Wildman–Crippen LogP) is 7.09. The van der Waals surface area contributed by atoms with Crippen LogP contribution in [0.2, 0.25) is 0 Å². The van der Waals surface area contributed by atoms with E-state index in [9.17, 15) is 19.2 Å². The first-order valence-corrected chi connectivity index (χ1v) is 19.5. The number of aromatic amines is 4. The lowest BCUT2D eigenvalue weighted by atomic mass is 9.96. The Hall–Kier alpha value is -6.12. The monoisotopic (exact) mass is 786 g/mol. The van der Waals surface area contributed by atoms with Crippen LogP contribution in [0.1, 0.15) is 98.0 Å². The molecule has 0 fully saturated rings. The van der Waals surface area contributed by atoms with Gasteiger partial charge < -0.3 is 19.4 Å². The summed E-state index contributed by atoms with van der Waals surface area (Å²) in [7, 11) is 0. The lowest BCUT2D eigenvalue weighted by molar-refractivity contribution is 0.0828. The van der Waals surface area contributed by atoms with E-state index in [0.29, 0.717) is 80.7 Å². The molecular weight excluding hydrogens is 737 g/mol. The maximum atomic E-state index is 14.0. The van der Waals surface area contributed by atoms with Crippen molar-refractivity contribution >= 4 is 44.4 Å². The largest absolute Gasteiger partial charge is 0.361 e. The van der Waals surface area contributed by atoms with Crippen LogP contribution in [-0.4, -0.2) is 52.3 Å². The summed E-state index contributed by atoms with van der Waals surface area (Å²) in [4.78, 5) is 77.2. The van der Waals surface area contributed by atoms with Gasteiger partial charge in [0.25, 0.3) is 11.1 Å². The fourth-order valence-electron chi connectivity index (χ4n) is 7.91. The molecule has 58 heavy (non-hydrogen) atoms. The van der Waals surface area contributed by atoms with Gasteiger partial charge in [-0.15, -0.1) is 0 Å². The molecule has 5 aromatic rings. The maximum Gasteiger partial charge on any atom is 0.330 e. The number of hydrogen-bond acceptors (Lipinski definition) is 8. The third-order valence-electron chi connectivity index (χ3n) is 12.1. The summed E-state index contributed by atoms with van der Waals surface area (Å²) in [5.41, 5.74) is 13.1. The molecule has 0 spiro atoms. The van der Waals surface area contributed by atoms with E-state index in [4.69, 9.17) is 19.4 Å². The van der Waals surface area contributed by atoms with Crippen LogP contribution < -0.4 is 22.5 Å². The van der Waals surface area contributed by atoms with Crippen LogP contribution in [0.4, 0.5) is 0 Å². The summed E-state index contributed by atoms with van der Waals surface area (Å²) in [5.74, 6) is 0. The standard InChI is InChI=1S/C44H50N8O6/c1-13-57-17-51-27(11)33(41(53)49-43(51)55)35-37-23(7)19(3)29(45-37)15-31-21(5)25(9)39(47-31)36(34-28(12)52(18-58-14-2)44(56)50-42(34)54)40-26(10)22(6)32(48-40)16-30-20(4)24(8)38(35)46-30/h15-16,45,48H,13-14,17-18H2,1-12H3,(H,49,53,55)(H,50,54,56). The fraction of sp³-hybridized carbons (Fsp3) is 0.364. The number of nitrogens with zero attached hydrogens (tertiary/aromatic N) is 4. The van der Waals surface area contributed by atoms with E-state index in [1.807, 2.05) is 81.4 Å². The third-order valence-corrected chi connectivity index (χ3v) is 12.1. The second kappa shape index (κ2) is 15.0. The van der Waals surface area contributed by atoms with Gasteiger partial charge in [0, 0.05) is 46.8 Å². The number of nitrogens with one attached hydrogen (secondary N) is 4. The Balaban J connectivity index is 1.73. The van der Waals surface area contributed by atoms with Gasteiger partial charge in [0.2, 0.25) is 0 Å². The SMILES string of the molecule is CCOCn1c(C)c(-c2c3nc(cc4[nH]c(c(C)c4C)c(-c4c(C)n(COCC)c(=O)[nH]c4=O)c4nc(cc5[nH]c2c(C)c5C)C(C)=C4C)C(C)=C3C)c(=O)[nH]c1=O. The highest BCUT2D eigenvalue weighted by Gasteiger charge is 2.28. The molecule has 0 amide bonds. The lowest BCUT2D eigenvalue weighted by Gasteiger charge is -2.15. The van der Waals surface area contributed by atoms with Crippen LogP contribution in [0.3, 0.4) is 0 Å². The molecule has 0 aromatic carbocycles. The Morgan fingerprint density at radius 1 is 0.500 bits per heavy atom. The molecular formula is C44H50N8O6. The Bertz CT molecular complexity index is 2860. The van der Waals surface area contributed by atoms with E-state index in [1.54, 1.807) is 13.8 Å². The normalized spacial score (nSPS) is 13.0.